The van der Waals surface area contributed by atoms with Gasteiger partial charge in [0.1, 0.15) is 0 Å². The maximum atomic E-state index is 13.1. The standard InChI is InChI=1S/C24H29N3O2S/c1-4-27-23(29)19-13-17-10-6-7-11-18(17)14-21(19)26-24(27)30-16(3)22(28)25-20-12-8-5-9-15(20)2/h6-7,10-11,13-16,20H,4-5,8-9,12H2,1-3H3,(H,25,28)/t15-,16+,20+/m0/s1. The molecule has 3 atom stereocenters. The van der Waals surface area contributed by atoms with Crippen LogP contribution in [0, 0.1) is 5.92 Å². The summed E-state index contributed by atoms with van der Waals surface area (Å²) in [6.07, 6.45) is 4.63. The number of hydrogen-bond acceptors (Lipinski definition) is 4. The van der Waals surface area contributed by atoms with Gasteiger partial charge >= 0.3 is 0 Å². The molecule has 0 radical (unpaired) electrons. The van der Waals surface area contributed by atoms with Gasteiger partial charge in [0.15, 0.2) is 5.16 Å². The van der Waals surface area contributed by atoms with Gasteiger partial charge in [-0.05, 0) is 55.5 Å². The number of thioether (sulfide) groups is 1. The second-order valence-electron chi connectivity index (χ2n) is 8.30. The van der Waals surface area contributed by atoms with E-state index >= 15 is 0 Å². The quantitative estimate of drug-likeness (QED) is 0.366. The first kappa shape index (κ1) is 20.9. The normalized spacial score (nSPS) is 20.4. The highest BCUT2D eigenvalue weighted by molar-refractivity contribution is 8.00. The number of nitrogens with zero attached hydrogens (tertiary/aromatic N) is 2. The number of rotatable bonds is 5. The minimum atomic E-state index is -0.318. The number of carbonyl (C=O) groups is 1. The average Bonchev–Trinajstić information content (AvgIpc) is 2.74. The number of carbonyl (C=O) groups excluding carboxylic acids is 1. The van der Waals surface area contributed by atoms with Gasteiger partial charge in [-0.25, -0.2) is 4.98 Å². The predicted octanol–water partition coefficient (Wildman–Crippen LogP) is 4.75. The molecular weight excluding hydrogens is 394 g/mol. The van der Waals surface area contributed by atoms with E-state index in [-0.39, 0.29) is 22.8 Å². The average molecular weight is 424 g/mol. The molecule has 1 heterocycles. The molecule has 4 rings (SSSR count). The number of hydrogen-bond donors (Lipinski definition) is 1. The molecule has 1 N–H and O–H groups in total. The molecule has 1 aliphatic rings. The molecule has 0 spiro atoms. The van der Waals surface area contributed by atoms with E-state index in [0.717, 1.165) is 17.2 Å². The van der Waals surface area contributed by atoms with Crippen molar-refractivity contribution in [1.82, 2.24) is 14.9 Å². The number of aromatic nitrogens is 2. The summed E-state index contributed by atoms with van der Waals surface area (Å²) in [5.41, 5.74) is 0.628. The van der Waals surface area contributed by atoms with Gasteiger partial charge in [0.25, 0.3) is 5.56 Å². The van der Waals surface area contributed by atoms with Crippen LogP contribution in [0.3, 0.4) is 0 Å². The maximum Gasteiger partial charge on any atom is 0.262 e. The summed E-state index contributed by atoms with van der Waals surface area (Å²) in [7, 11) is 0. The summed E-state index contributed by atoms with van der Waals surface area (Å²) in [5.74, 6) is 0.537. The van der Waals surface area contributed by atoms with Crippen molar-refractivity contribution in [2.24, 2.45) is 5.92 Å². The molecule has 1 fully saturated rings. The molecule has 1 amide bonds. The molecule has 0 saturated heterocycles. The zero-order valence-electron chi connectivity index (χ0n) is 17.9. The fourth-order valence-corrected chi connectivity index (χ4v) is 5.28. The Morgan fingerprint density at radius 3 is 2.63 bits per heavy atom. The molecule has 1 aromatic heterocycles. The largest absolute Gasteiger partial charge is 0.352 e. The lowest BCUT2D eigenvalue weighted by atomic mass is 9.86. The Morgan fingerprint density at radius 2 is 1.93 bits per heavy atom. The van der Waals surface area contributed by atoms with Crippen molar-refractivity contribution in [2.75, 3.05) is 0 Å². The highest BCUT2D eigenvalue weighted by atomic mass is 32.2. The molecule has 1 saturated carbocycles. The first-order chi connectivity index (χ1) is 14.5. The summed E-state index contributed by atoms with van der Waals surface area (Å²) < 4.78 is 1.68. The van der Waals surface area contributed by atoms with Crippen molar-refractivity contribution in [3.8, 4) is 0 Å². The maximum absolute atomic E-state index is 13.1. The van der Waals surface area contributed by atoms with Crippen LogP contribution in [-0.4, -0.2) is 26.8 Å². The van der Waals surface area contributed by atoms with E-state index < -0.39 is 0 Å². The molecular formula is C24H29N3O2S. The number of nitrogens with one attached hydrogen (secondary N) is 1. The molecule has 5 nitrogen and oxygen atoms in total. The van der Waals surface area contributed by atoms with Crippen LogP contribution in [0.25, 0.3) is 21.7 Å². The van der Waals surface area contributed by atoms with Crippen molar-refractivity contribution in [2.45, 2.75) is 69.4 Å². The fraction of sp³-hybridized carbons (Fsp3) is 0.458. The van der Waals surface area contributed by atoms with Crippen LogP contribution in [0.1, 0.15) is 46.5 Å². The zero-order valence-corrected chi connectivity index (χ0v) is 18.7. The smallest absolute Gasteiger partial charge is 0.262 e. The van der Waals surface area contributed by atoms with Crippen LogP contribution in [-0.2, 0) is 11.3 Å². The lowest BCUT2D eigenvalue weighted by Gasteiger charge is -2.30. The SMILES string of the molecule is CCn1c(S[C@H](C)C(=O)N[C@@H]2CCCC[C@@H]2C)nc2cc3ccccc3cc2c1=O. The van der Waals surface area contributed by atoms with Crippen LogP contribution < -0.4 is 10.9 Å². The van der Waals surface area contributed by atoms with Crippen LogP contribution >= 0.6 is 11.8 Å². The van der Waals surface area contributed by atoms with Crippen molar-refractivity contribution >= 4 is 39.3 Å². The fourth-order valence-electron chi connectivity index (χ4n) is 4.30. The summed E-state index contributed by atoms with van der Waals surface area (Å²) in [6.45, 7) is 6.56. The zero-order chi connectivity index (χ0) is 21.3. The minimum absolute atomic E-state index is 0.0225. The molecule has 0 aliphatic heterocycles. The van der Waals surface area contributed by atoms with E-state index in [9.17, 15) is 9.59 Å². The monoisotopic (exact) mass is 423 g/mol. The van der Waals surface area contributed by atoms with E-state index in [1.807, 2.05) is 50.2 Å². The first-order valence-corrected chi connectivity index (χ1v) is 11.8. The summed E-state index contributed by atoms with van der Waals surface area (Å²) >= 11 is 1.37. The van der Waals surface area contributed by atoms with E-state index in [4.69, 9.17) is 4.98 Å². The lowest BCUT2D eigenvalue weighted by Crippen LogP contribution is -2.44. The van der Waals surface area contributed by atoms with Crippen LogP contribution in [0.4, 0.5) is 0 Å². The summed E-state index contributed by atoms with van der Waals surface area (Å²) in [6, 6.07) is 12.1. The lowest BCUT2D eigenvalue weighted by molar-refractivity contribution is -0.121. The van der Waals surface area contributed by atoms with Crippen molar-refractivity contribution in [1.29, 1.82) is 0 Å². The Kier molecular flexibility index (Phi) is 6.14. The van der Waals surface area contributed by atoms with Crippen LogP contribution in [0.15, 0.2) is 46.3 Å². The second kappa shape index (κ2) is 8.80. The third kappa shape index (κ3) is 4.10. The molecule has 6 heteroatoms. The van der Waals surface area contributed by atoms with Crippen LogP contribution in [0.5, 0.6) is 0 Å². The summed E-state index contributed by atoms with van der Waals surface area (Å²) in [5, 5.41) is 6.21. The van der Waals surface area contributed by atoms with Crippen LogP contribution in [0.2, 0.25) is 0 Å². The third-order valence-electron chi connectivity index (χ3n) is 6.19. The van der Waals surface area contributed by atoms with Gasteiger partial charge < -0.3 is 5.32 Å². The second-order valence-corrected chi connectivity index (χ2v) is 9.61. The van der Waals surface area contributed by atoms with E-state index in [2.05, 4.69) is 12.2 Å². The Bertz CT molecular complexity index is 1140. The predicted molar refractivity (Wildman–Crippen MR) is 124 cm³/mol. The number of fused-ring (bicyclic) bond motifs is 2. The molecule has 30 heavy (non-hydrogen) atoms. The minimum Gasteiger partial charge on any atom is -0.352 e. The molecule has 0 unspecified atom stereocenters. The Balaban J connectivity index is 1.63. The van der Waals surface area contributed by atoms with Gasteiger partial charge in [0.2, 0.25) is 5.91 Å². The molecule has 2 aromatic carbocycles. The van der Waals surface area contributed by atoms with Gasteiger partial charge in [-0.3, -0.25) is 14.2 Å². The number of amides is 1. The highest BCUT2D eigenvalue weighted by Crippen LogP contribution is 2.27. The van der Waals surface area contributed by atoms with Gasteiger partial charge in [0.05, 0.1) is 16.2 Å². The molecule has 158 valence electrons. The van der Waals surface area contributed by atoms with Crippen molar-refractivity contribution < 1.29 is 4.79 Å². The van der Waals surface area contributed by atoms with Crippen molar-refractivity contribution in [3.05, 3.63) is 46.8 Å². The molecule has 3 aromatic rings. The Labute approximate surface area is 181 Å². The first-order valence-electron chi connectivity index (χ1n) is 10.9. The van der Waals surface area contributed by atoms with E-state index in [1.54, 1.807) is 4.57 Å². The van der Waals surface area contributed by atoms with Gasteiger partial charge in [0, 0.05) is 12.6 Å². The molecule has 0 bridgehead atoms. The summed E-state index contributed by atoms with van der Waals surface area (Å²) in [4.78, 5) is 30.8. The number of benzene rings is 2. The van der Waals surface area contributed by atoms with E-state index in [1.165, 1.54) is 31.0 Å². The topological polar surface area (TPSA) is 64.0 Å². The van der Waals surface area contributed by atoms with Gasteiger partial charge in [-0.2, -0.15) is 0 Å². The third-order valence-corrected chi connectivity index (χ3v) is 7.28. The highest BCUT2D eigenvalue weighted by Gasteiger charge is 2.26. The Hall–Kier alpha value is -2.34. The van der Waals surface area contributed by atoms with Gasteiger partial charge in [-0.15, -0.1) is 0 Å². The van der Waals surface area contributed by atoms with E-state index in [0.29, 0.717) is 28.5 Å². The van der Waals surface area contributed by atoms with Crippen molar-refractivity contribution in [3.63, 3.8) is 0 Å². The van der Waals surface area contributed by atoms with Gasteiger partial charge in [-0.1, -0.05) is 55.8 Å². The molecule has 1 aliphatic carbocycles. The Morgan fingerprint density at radius 1 is 1.23 bits per heavy atom.